The summed E-state index contributed by atoms with van der Waals surface area (Å²) in [5.74, 6) is 0.00303. The zero-order valence-electron chi connectivity index (χ0n) is 11.6. The third kappa shape index (κ3) is 3.19. The van der Waals surface area contributed by atoms with Crippen LogP contribution in [0.5, 0.6) is 0 Å². The van der Waals surface area contributed by atoms with Gasteiger partial charge in [0.1, 0.15) is 0 Å². The van der Waals surface area contributed by atoms with Crippen molar-refractivity contribution in [2.45, 2.75) is 25.0 Å². The maximum atomic E-state index is 12.6. The third-order valence-corrected chi connectivity index (χ3v) is 4.69. The summed E-state index contributed by atoms with van der Waals surface area (Å²) in [7, 11) is 0. The minimum absolute atomic E-state index is 0.00303. The Balaban J connectivity index is 1.78. The monoisotopic (exact) mass is 329 g/mol. The average Bonchev–Trinajstić information content (AvgIpc) is 2.99. The maximum Gasteiger partial charge on any atom is 0.254 e. The molecule has 0 aromatic heterocycles. The Hall–Kier alpha value is -0.810. The molecule has 4 nitrogen and oxygen atoms in total. The number of hydrogen-bond acceptors (Lipinski definition) is 3. The lowest BCUT2D eigenvalue weighted by atomic mass is 10.0. The molecule has 0 unspecified atom stereocenters. The largest absolute Gasteiger partial charge is 0.376 e. The van der Waals surface area contributed by atoms with E-state index in [0.717, 1.165) is 24.9 Å². The molecule has 2 aliphatic rings. The van der Waals surface area contributed by atoms with E-state index < -0.39 is 6.10 Å². The molecular formula is C15H17Cl2NO3. The topological polar surface area (TPSA) is 38.8 Å². The van der Waals surface area contributed by atoms with Crippen molar-refractivity contribution in [3.05, 3.63) is 33.8 Å². The second-order valence-corrected chi connectivity index (χ2v) is 6.11. The predicted octanol–water partition coefficient (Wildman–Crippen LogP) is 3.07. The SMILES string of the molecule is O=C([C@@H]1COCCO1)N1CCC[C@H]1c1ccc(Cl)c(Cl)c1. The van der Waals surface area contributed by atoms with E-state index in [1.165, 1.54) is 0 Å². The highest BCUT2D eigenvalue weighted by Crippen LogP contribution is 2.35. The summed E-state index contributed by atoms with van der Waals surface area (Å²) in [6.45, 7) is 2.11. The highest BCUT2D eigenvalue weighted by atomic mass is 35.5. The lowest BCUT2D eigenvalue weighted by Gasteiger charge is -2.31. The average molecular weight is 330 g/mol. The van der Waals surface area contributed by atoms with Crippen LogP contribution in [0.15, 0.2) is 18.2 Å². The number of carbonyl (C=O) groups excluding carboxylic acids is 1. The van der Waals surface area contributed by atoms with Crippen LogP contribution in [0.2, 0.25) is 10.0 Å². The molecule has 0 saturated carbocycles. The fourth-order valence-electron chi connectivity index (χ4n) is 2.91. The second kappa shape index (κ2) is 6.53. The summed E-state index contributed by atoms with van der Waals surface area (Å²) in [6, 6.07) is 5.60. The van der Waals surface area contributed by atoms with Crippen LogP contribution < -0.4 is 0 Å². The number of hydrogen-bond donors (Lipinski definition) is 0. The van der Waals surface area contributed by atoms with Crippen molar-refractivity contribution < 1.29 is 14.3 Å². The van der Waals surface area contributed by atoms with Crippen molar-refractivity contribution in [2.24, 2.45) is 0 Å². The molecule has 6 heteroatoms. The first kappa shape index (κ1) is 15.1. The van der Waals surface area contributed by atoms with Gasteiger partial charge in [-0.15, -0.1) is 0 Å². The van der Waals surface area contributed by atoms with Crippen molar-refractivity contribution in [1.29, 1.82) is 0 Å². The number of benzene rings is 1. The summed E-state index contributed by atoms with van der Waals surface area (Å²) < 4.78 is 10.8. The van der Waals surface area contributed by atoms with Gasteiger partial charge in [-0.3, -0.25) is 4.79 Å². The summed E-state index contributed by atoms with van der Waals surface area (Å²) in [5.41, 5.74) is 1.02. The quantitative estimate of drug-likeness (QED) is 0.837. The van der Waals surface area contributed by atoms with E-state index in [1.807, 2.05) is 17.0 Å². The predicted molar refractivity (Wildman–Crippen MR) is 80.7 cm³/mol. The Morgan fingerprint density at radius 3 is 2.81 bits per heavy atom. The molecule has 1 aromatic rings. The Kier molecular flexibility index (Phi) is 4.69. The summed E-state index contributed by atoms with van der Waals surface area (Å²) in [6.07, 6.45) is 1.42. The third-order valence-electron chi connectivity index (χ3n) is 3.96. The summed E-state index contributed by atoms with van der Waals surface area (Å²) in [4.78, 5) is 14.5. The van der Waals surface area contributed by atoms with Crippen LogP contribution in [0.4, 0.5) is 0 Å². The van der Waals surface area contributed by atoms with E-state index >= 15 is 0 Å². The van der Waals surface area contributed by atoms with Gasteiger partial charge >= 0.3 is 0 Å². The zero-order chi connectivity index (χ0) is 14.8. The van der Waals surface area contributed by atoms with E-state index in [1.54, 1.807) is 6.07 Å². The van der Waals surface area contributed by atoms with Crippen LogP contribution in [0, 0.1) is 0 Å². The molecular weight excluding hydrogens is 313 g/mol. The first-order valence-corrected chi connectivity index (χ1v) is 7.87. The van der Waals surface area contributed by atoms with Crippen LogP contribution in [-0.4, -0.2) is 43.3 Å². The Labute approximate surface area is 133 Å². The van der Waals surface area contributed by atoms with Gasteiger partial charge in [0.05, 0.1) is 35.9 Å². The first-order chi connectivity index (χ1) is 10.2. The van der Waals surface area contributed by atoms with Gasteiger partial charge in [-0.05, 0) is 30.5 Å². The molecule has 0 aliphatic carbocycles. The van der Waals surface area contributed by atoms with Gasteiger partial charge in [0, 0.05) is 6.54 Å². The summed E-state index contributed by atoms with van der Waals surface area (Å²) in [5, 5.41) is 1.05. The van der Waals surface area contributed by atoms with Gasteiger partial charge in [0.25, 0.3) is 5.91 Å². The molecule has 114 valence electrons. The number of likely N-dealkylation sites (tertiary alicyclic amines) is 1. The van der Waals surface area contributed by atoms with Crippen molar-refractivity contribution >= 4 is 29.1 Å². The molecule has 0 spiro atoms. The lowest BCUT2D eigenvalue weighted by Crippen LogP contribution is -2.45. The second-order valence-electron chi connectivity index (χ2n) is 5.30. The molecule has 0 radical (unpaired) electrons. The highest BCUT2D eigenvalue weighted by Gasteiger charge is 2.35. The maximum absolute atomic E-state index is 12.6. The molecule has 0 bridgehead atoms. The normalized spacial score (nSPS) is 26.1. The van der Waals surface area contributed by atoms with Crippen LogP contribution in [0.3, 0.4) is 0 Å². The molecule has 2 heterocycles. The minimum Gasteiger partial charge on any atom is -0.376 e. The van der Waals surface area contributed by atoms with Gasteiger partial charge < -0.3 is 14.4 Å². The highest BCUT2D eigenvalue weighted by molar-refractivity contribution is 6.42. The van der Waals surface area contributed by atoms with Gasteiger partial charge in [0.15, 0.2) is 6.10 Å². The van der Waals surface area contributed by atoms with Crippen LogP contribution >= 0.6 is 23.2 Å². The lowest BCUT2D eigenvalue weighted by molar-refractivity contribution is -0.158. The fourth-order valence-corrected chi connectivity index (χ4v) is 3.22. The van der Waals surface area contributed by atoms with Gasteiger partial charge in [-0.1, -0.05) is 29.3 Å². The number of nitrogens with zero attached hydrogens (tertiary/aromatic N) is 1. The van der Waals surface area contributed by atoms with Crippen molar-refractivity contribution in [1.82, 2.24) is 4.90 Å². The van der Waals surface area contributed by atoms with Crippen LogP contribution in [0.1, 0.15) is 24.4 Å². The number of carbonyl (C=O) groups is 1. The van der Waals surface area contributed by atoms with E-state index in [-0.39, 0.29) is 11.9 Å². The van der Waals surface area contributed by atoms with E-state index in [2.05, 4.69) is 0 Å². The molecule has 2 fully saturated rings. The van der Waals surface area contributed by atoms with Crippen LogP contribution in [0.25, 0.3) is 0 Å². The van der Waals surface area contributed by atoms with Crippen molar-refractivity contribution in [3.8, 4) is 0 Å². The van der Waals surface area contributed by atoms with Gasteiger partial charge in [-0.2, -0.15) is 0 Å². The molecule has 1 aromatic carbocycles. The number of rotatable bonds is 2. The fraction of sp³-hybridized carbons (Fsp3) is 0.533. The van der Waals surface area contributed by atoms with Crippen molar-refractivity contribution in [2.75, 3.05) is 26.4 Å². The number of halogens is 2. The number of amides is 1. The van der Waals surface area contributed by atoms with Crippen molar-refractivity contribution in [3.63, 3.8) is 0 Å². The molecule has 2 aliphatic heterocycles. The standard InChI is InChI=1S/C15H17Cl2NO3/c16-11-4-3-10(8-12(11)17)13-2-1-5-18(13)15(19)14-9-20-6-7-21-14/h3-4,8,13-14H,1-2,5-7,9H2/t13-,14-/m0/s1. The summed E-state index contributed by atoms with van der Waals surface area (Å²) >= 11 is 12.0. The Morgan fingerprint density at radius 1 is 1.24 bits per heavy atom. The van der Waals surface area contributed by atoms with E-state index in [4.69, 9.17) is 32.7 Å². The molecule has 21 heavy (non-hydrogen) atoms. The minimum atomic E-state index is -0.484. The van der Waals surface area contributed by atoms with Crippen LogP contribution in [-0.2, 0) is 14.3 Å². The van der Waals surface area contributed by atoms with E-state index in [9.17, 15) is 4.79 Å². The zero-order valence-corrected chi connectivity index (χ0v) is 13.1. The number of ether oxygens (including phenoxy) is 2. The van der Waals surface area contributed by atoms with Gasteiger partial charge in [-0.25, -0.2) is 0 Å². The molecule has 1 amide bonds. The van der Waals surface area contributed by atoms with E-state index in [0.29, 0.717) is 29.9 Å². The Morgan fingerprint density at radius 2 is 2.10 bits per heavy atom. The molecule has 2 saturated heterocycles. The van der Waals surface area contributed by atoms with Gasteiger partial charge in [0.2, 0.25) is 0 Å². The molecule has 0 N–H and O–H groups in total. The molecule has 3 rings (SSSR count). The smallest absolute Gasteiger partial charge is 0.254 e. The molecule has 2 atom stereocenters. The first-order valence-electron chi connectivity index (χ1n) is 7.11. The Bertz CT molecular complexity index is 532.